The Kier molecular flexibility index (Phi) is 4.48. The van der Waals surface area contributed by atoms with Gasteiger partial charge in [0.2, 0.25) is 0 Å². The maximum Gasteiger partial charge on any atom is 0.254 e. The first kappa shape index (κ1) is 15.1. The summed E-state index contributed by atoms with van der Waals surface area (Å²) >= 11 is 0. The Morgan fingerprint density at radius 1 is 1.36 bits per heavy atom. The second-order valence-electron chi connectivity index (χ2n) is 6.36. The number of carbonyl (C=O) groups excluding carboxylic acids is 1. The molecule has 0 aromatic heterocycles. The summed E-state index contributed by atoms with van der Waals surface area (Å²) in [6.45, 7) is 10.1. The van der Waals surface area contributed by atoms with E-state index in [0.717, 1.165) is 31.0 Å². The predicted octanol–water partition coefficient (Wildman–Crippen LogP) is 2.56. The fraction of sp³-hybridized carbons (Fsp3) is 0.500. The number of amides is 1. The van der Waals surface area contributed by atoms with Crippen LogP contribution in [0.15, 0.2) is 36.4 Å². The fourth-order valence-corrected chi connectivity index (χ4v) is 3.28. The minimum atomic E-state index is 0.118. The molecule has 1 aromatic carbocycles. The Morgan fingerprint density at radius 2 is 2.23 bits per heavy atom. The lowest BCUT2D eigenvalue weighted by Gasteiger charge is -2.37. The number of carbonyl (C=O) groups is 1. The lowest BCUT2D eigenvalue weighted by atomic mass is 10.1. The summed E-state index contributed by atoms with van der Waals surface area (Å²) in [6, 6.07) is 8.03. The summed E-state index contributed by atoms with van der Waals surface area (Å²) in [7, 11) is 0. The fourth-order valence-electron chi connectivity index (χ4n) is 3.28. The van der Waals surface area contributed by atoms with Gasteiger partial charge in [-0.1, -0.05) is 12.6 Å². The standard InChI is InChI=1S/C18H24N2O2/c1-14(2)13-22-17-7-3-5-15(11-17)18(21)20-10-9-19-8-4-6-16(19)12-20/h3,5,7,11,16H,1,4,6,8-10,12-13H2,2H3/t16-/m1/s1. The van der Waals surface area contributed by atoms with Crippen LogP contribution in [0.1, 0.15) is 30.1 Å². The number of ether oxygens (including phenoxy) is 1. The van der Waals surface area contributed by atoms with Gasteiger partial charge in [-0.05, 0) is 50.1 Å². The van der Waals surface area contributed by atoms with Crippen LogP contribution in [0.4, 0.5) is 0 Å². The van der Waals surface area contributed by atoms with Crippen LogP contribution in [0.3, 0.4) is 0 Å². The maximum atomic E-state index is 12.7. The molecule has 2 fully saturated rings. The first-order valence-corrected chi connectivity index (χ1v) is 8.04. The van der Waals surface area contributed by atoms with Gasteiger partial charge in [-0.2, -0.15) is 0 Å². The second-order valence-corrected chi connectivity index (χ2v) is 6.36. The van der Waals surface area contributed by atoms with Crippen molar-refractivity contribution in [2.75, 3.05) is 32.8 Å². The highest BCUT2D eigenvalue weighted by Gasteiger charge is 2.32. The molecule has 0 bridgehead atoms. The highest BCUT2D eigenvalue weighted by atomic mass is 16.5. The summed E-state index contributed by atoms with van der Waals surface area (Å²) in [5, 5.41) is 0. The second kappa shape index (κ2) is 6.53. The number of hydrogen-bond acceptors (Lipinski definition) is 3. The highest BCUT2D eigenvalue weighted by molar-refractivity contribution is 5.94. The molecule has 4 nitrogen and oxygen atoms in total. The zero-order chi connectivity index (χ0) is 15.5. The maximum absolute atomic E-state index is 12.7. The van der Waals surface area contributed by atoms with Crippen LogP contribution in [-0.4, -0.2) is 54.5 Å². The van der Waals surface area contributed by atoms with Crippen LogP contribution in [-0.2, 0) is 0 Å². The van der Waals surface area contributed by atoms with Crippen molar-refractivity contribution >= 4 is 5.91 Å². The van der Waals surface area contributed by atoms with E-state index in [0.29, 0.717) is 18.2 Å². The molecule has 118 valence electrons. The molecule has 1 atom stereocenters. The number of fused-ring (bicyclic) bond motifs is 1. The van der Waals surface area contributed by atoms with E-state index in [2.05, 4.69) is 11.5 Å². The molecule has 1 aromatic rings. The quantitative estimate of drug-likeness (QED) is 0.801. The summed E-state index contributed by atoms with van der Waals surface area (Å²) in [6.07, 6.45) is 2.47. The highest BCUT2D eigenvalue weighted by Crippen LogP contribution is 2.23. The smallest absolute Gasteiger partial charge is 0.254 e. The van der Waals surface area contributed by atoms with Gasteiger partial charge in [0, 0.05) is 31.2 Å². The van der Waals surface area contributed by atoms with Crippen LogP contribution in [0, 0.1) is 0 Å². The molecule has 22 heavy (non-hydrogen) atoms. The number of rotatable bonds is 4. The Hall–Kier alpha value is -1.81. The molecule has 2 saturated heterocycles. The van der Waals surface area contributed by atoms with Gasteiger partial charge in [0.15, 0.2) is 0 Å². The monoisotopic (exact) mass is 300 g/mol. The molecule has 0 saturated carbocycles. The van der Waals surface area contributed by atoms with E-state index in [1.807, 2.05) is 36.1 Å². The average Bonchev–Trinajstić information content (AvgIpc) is 3.00. The summed E-state index contributed by atoms with van der Waals surface area (Å²) < 4.78 is 5.64. The molecule has 2 aliphatic heterocycles. The van der Waals surface area contributed by atoms with E-state index in [9.17, 15) is 4.79 Å². The zero-order valence-corrected chi connectivity index (χ0v) is 13.3. The Labute approximate surface area is 132 Å². The van der Waals surface area contributed by atoms with Gasteiger partial charge in [-0.3, -0.25) is 9.69 Å². The Balaban J connectivity index is 1.66. The van der Waals surface area contributed by atoms with Gasteiger partial charge in [-0.15, -0.1) is 0 Å². The number of nitrogens with zero attached hydrogens (tertiary/aromatic N) is 2. The third-order valence-corrected chi connectivity index (χ3v) is 4.44. The molecule has 0 N–H and O–H groups in total. The van der Waals surface area contributed by atoms with Crippen molar-refractivity contribution in [2.45, 2.75) is 25.8 Å². The lowest BCUT2D eigenvalue weighted by molar-refractivity contribution is 0.0571. The van der Waals surface area contributed by atoms with Gasteiger partial charge >= 0.3 is 0 Å². The van der Waals surface area contributed by atoms with Crippen molar-refractivity contribution in [1.82, 2.24) is 9.80 Å². The molecule has 2 heterocycles. The molecule has 2 aliphatic rings. The minimum Gasteiger partial charge on any atom is -0.489 e. The third kappa shape index (κ3) is 3.33. The zero-order valence-electron chi connectivity index (χ0n) is 13.3. The number of hydrogen-bond donors (Lipinski definition) is 0. The third-order valence-electron chi connectivity index (χ3n) is 4.44. The topological polar surface area (TPSA) is 32.8 Å². The van der Waals surface area contributed by atoms with Crippen molar-refractivity contribution in [3.63, 3.8) is 0 Å². The van der Waals surface area contributed by atoms with Crippen molar-refractivity contribution < 1.29 is 9.53 Å². The molecule has 3 rings (SSSR count). The molecule has 0 aliphatic carbocycles. The van der Waals surface area contributed by atoms with E-state index < -0.39 is 0 Å². The molecule has 0 radical (unpaired) electrons. The Morgan fingerprint density at radius 3 is 3.05 bits per heavy atom. The summed E-state index contributed by atoms with van der Waals surface area (Å²) in [5.74, 6) is 0.848. The number of benzene rings is 1. The normalized spacial score (nSPS) is 21.5. The molecule has 1 amide bonds. The van der Waals surface area contributed by atoms with Gasteiger partial charge < -0.3 is 9.64 Å². The van der Waals surface area contributed by atoms with Crippen LogP contribution >= 0.6 is 0 Å². The average molecular weight is 300 g/mol. The minimum absolute atomic E-state index is 0.118. The first-order valence-electron chi connectivity index (χ1n) is 8.04. The summed E-state index contributed by atoms with van der Waals surface area (Å²) in [5.41, 5.74) is 1.68. The van der Waals surface area contributed by atoms with Crippen LogP contribution in [0.5, 0.6) is 5.75 Å². The van der Waals surface area contributed by atoms with Gasteiger partial charge in [0.1, 0.15) is 12.4 Å². The van der Waals surface area contributed by atoms with Crippen LogP contribution < -0.4 is 4.74 Å². The van der Waals surface area contributed by atoms with Crippen LogP contribution in [0.25, 0.3) is 0 Å². The Bertz CT molecular complexity index is 570. The van der Waals surface area contributed by atoms with Gasteiger partial charge in [0.05, 0.1) is 0 Å². The molecule has 0 unspecified atom stereocenters. The van der Waals surface area contributed by atoms with E-state index >= 15 is 0 Å². The summed E-state index contributed by atoms with van der Waals surface area (Å²) in [4.78, 5) is 17.2. The van der Waals surface area contributed by atoms with Crippen LogP contribution in [0.2, 0.25) is 0 Å². The van der Waals surface area contributed by atoms with Crippen molar-refractivity contribution in [3.8, 4) is 5.75 Å². The van der Waals surface area contributed by atoms with Crippen molar-refractivity contribution in [3.05, 3.63) is 42.0 Å². The largest absolute Gasteiger partial charge is 0.489 e. The van der Waals surface area contributed by atoms with E-state index in [1.54, 1.807) is 0 Å². The molecular weight excluding hydrogens is 276 g/mol. The predicted molar refractivity (Wildman–Crippen MR) is 87.2 cm³/mol. The molecule has 0 spiro atoms. The van der Waals surface area contributed by atoms with Gasteiger partial charge in [-0.25, -0.2) is 0 Å². The van der Waals surface area contributed by atoms with E-state index in [4.69, 9.17) is 4.74 Å². The van der Waals surface area contributed by atoms with Crippen molar-refractivity contribution in [1.29, 1.82) is 0 Å². The molecule has 4 heteroatoms. The first-order chi connectivity index (χ1) is 10.6. The van der Waals surface area contributed by atoms with Crippen molar-refractivity contribution in [2.24, 2.45) is 0 Å². The van der Waals surface area contributed by atoms with E-state index in [1.165, 1.54) is 19.4 Å². The van der Waals surface area contributed by atoms with Gasteiger partial charge in [0.25, 0.3) is 5.91 Å². The van der Waals surface area contributed by atoms with E-state index in [-0.39, 0.29) is 5.91 Å². The lowest BCUT2D eigenvalue weighted by Crippen LogP contribution is -2.52. The SMILES string of the molecule is C=C(C)COc1cccc(C(=O)N2CCN3CCC[C@@H]3C2)c1. The number of piperazine rings is 1. The molecular formula is C18H24N2O2.